The van der Waals surface area contributed by atoms with Crippen LogP contribution in [0.2, 0.25) is 5.15 Å². The Hall–Kier alpha value is -2.07. The second kappa shape index (κ2) is 5.51. The van der Waals surface area contributed by atoms with E-state index in [1.165, 1.54) is 12.3 Å². The van der Waals surface area contributed by atoms with Gasteiger partial charge in [0.25, 0.3) is 0 Å². The van der Waals surface area contributed by atoms with Crippen LogP contribution >= 0.6 is 11.6 Å². The van der Waals surface area contributed by atoms with Crippen molar-refractivity contribution < 1.29 is 9.21 Å². The van der Waals surface area contributed by atoms with Crippen LogP contribution in [0, 0.1) is 6.92 Å². The summed E-state index contributed by atoms with van der Waals surface area (Å²) < 4.78 is 5.07. The Bertz CT molecular complexity index is 577. The topological polar surface area (TPSA) is 55.1 Å². The van der Waals surface area contributed by atoms with E-state index in [2.05, 4.69) is 10.3 Å². The van der Waals surface area contributed by atoms with E-state index in [4.69, 9.17) is 16.0 Å². The lowest BCUT2D eigenvalue weighted by atomic mass is 10.3. The number of hydrogen-bond acceptors (Lipinski definition) is 3. The van der Waals surface area contributed by atoms with Gasteiger partial charge in [-0.05, 0) is 36.8 Å². The highest BCUT2D eigenvalue weighted by Gasteiger charge is 2.01. The molecule has 0 saturated carbocycles. The van der Waals surface area contributed by atoms with E-state index < -0.39 is 0 Å². The molecule has 1 amide bonds. The minimum absolute atomic E-state index is 0.255. The van der Waals surface area contributed by atoms with Crippen molar-refractivity contribution in [3.63, 3.8) is 0 Å². The third-order valence-corrected chi connectivity index (χ3v) is 2.62. The van der Waals surface area contributed by atoms with E-state index in [1.54, 1.807) is 30.5 Å². The zero-order valence-corrected chi connectivity index (χ0v) is 10.4. The Morgan fingerprint density at radius 2 is 2.39 bits per heavy atom. The second-order valence-electron chi connectivity index (χ2n) is 3.67. The Kier molecular flexibility index (Phi) is 3.79. The number of pyridine rings is 1. The maximum absolute atomic E-state index is 11.6. The van der Waals surface area contributed by atoms with Gasteiger partial charge < -0.3 is 9.73 Å². The first-order valence-corrected chi connectivity index (χ1v) is 5.67. The predicted molar refractivity (Wildman–Crippen MR) is 70.4 cm³/mol. The highest BCUT2D eigenvalue weighted by Crippen LogP contribution is 2.16. The average molecular weight is 263 g/mol. The van der Waals surface area contributed by atoms with Gasteiger partial charge in [0.15, 0.2) is 0 Å². The fourth-order valence-electron chi connectivity index (χ4n) is 1.35. The molecule has 5 heteroatoms. The van der Waals surface area contributed by atoms with Gasteiger partial charge in [-0.3, -0.25) is 4.79 Å². The molecule has 0 unspecified atom stereocenters. The monoisotopic (exact) mass is 262 g/mol. The number of aryl methyl sites for hydroxylation is 1. The Balaban J connectivity index is 2.01. The lowest BCUT2D eigenvalue weighted by Gasteiger charge is -2.03. The first-order chi connectivity index (χ1) is 8.65. The first kappa shape index (κ1) is 12.4. The van der Waals surface area contributed by atoms with Crippen molar-refractivity contribution in [1.29, 1.82) is 0 Å². The molecule has 2 rings (SSSR count). The first-order valence-electron chi connectivity index (χ1n) is 5.30. The molecule has 0 aromatic carbocycles. The average Bonchev–Trinajstić information content (AvgIpc) is 2.84. The molecule has 4 nitrogen and oxygen atoms in total. The van der Waals surface area contributed by atoms with E-state index >= 15 is 0 Å². The summed E-state index contributed by atoms with van der Waals surface area (Å²) in [5.74, 6) is 0.366. The van der Waals surface area contributed by atoms with E-state index in [-0.39, 0.29) is 5.91 Å². The lowest BCUT2D eigenvalue weighted by molar-refractivity contribution is -0.111. The molecule has 0 aliphatic rings. The van der Waals surface area contributed by atoms with E-state index in [1.807, 2.05) is 6.92 Å². The second-order valence-corrected chi connectivity index (χ2v) is 4.03. The number of hydrogen-bond donors (Lipinski definition) is 1. The number of nitrogens with one attached hydrogen (secondary N) is 1. The minimum Gasteiger partial charge on any atom is -0.465 e. The molecule has 2 aromatic heterocycles. The molecule has 18 heavy (non-hydrogen) atoms. The predicted octanol–water partition coefficient (Wildman–Crippen LogP) is 3.29. The van der Waals surface area contributed by atoms with Crippen LogP contribution in [0.3, 0.4) is 0 Å². The van der Waals surface area contributed by atoms with Crippen molar-refractivity contribution in [2.24, 2.45) is 0 Å². The quantitative estimate of drug-likeness (QED) is 0.682. The number of anilines is 1. The van der Waals surface area contributed by atoms with E-state index in [9.17, 15) is 4.79 Å². The van der Waals surface area contributed by atoms with Crippen molar-refractivity contribution in [3.8, 4) is 0 Å². The van der Waals surface area contributed by atoms with E-state index in [0.29, 0.717) is 16.6 Å². The van der Waals surface area contributed by atoms with Crippen LogP contribution in [0.4, 0.5) is 5.69 Å². The number of rotatable bonds is 3. The van der Waals surface area contributed by atoms with Gasteiger partial charge in [0, 0.05) is 6.08 Å². The maximum atomic E-state index is 11.6. The van der Waals surface area contributed by atoms with Crippen LogP contribution in [-0.4, -0.2) is 10.9 Å². The van der Waals surface area contributed by atoms with Crippen molar-refractivity contribution >= 4 is 29.3 Å². The largest absolute Gasteiger partial charge is 0.465 e. The molecular formula is C13H11ClN2O2. The summed E-state index contributed by atoms with van der Waals surface area (Å²) in [5.41, 5.74) is 1.41. The summed E-state index contributed by atoms with van der Waals surface area (Å²) in [4.78, 5) is 15.6. The summed E-state index contributed by atoms with van der Waals surface area (Å²) in [6, 6.07) is 5.27. The summed E-state index contributed by atoms with van der Waals surface area (Å²) in [5, 5.41) is 3.11. The molecule has 0 spiro atoms. The van der Waals surface area contributed by atoms with Gasteiger partial charge in [0.2, 0.25) is 5.91 Å². The van der Waals surface area contributed by atoms with Crippen molar-refractivity contribution in [1.82, 2.24) is 4.98 Å². The van der Waals surface area contributed by atoms with Gasteiger partial charge in [-0.15, -0.1) is 0 Å². The Morgan fingerprint density at radius 3 is 3.06 bits per heavy atom. The normalized spacial score (nSPS) is 10.8. The number of carbonyl (C=O) groups is 1. The molecule has 1 N–H and O–H groups in total. The van der Waals surface area contributed by atoms with Crippen molar-refractivity contribution in [3.05, 3.63) is 53.2 Å². The van der Waals surface area contributed by atoms with Gasteiger partial charge >= 0.3 is 0 Å². The zero-order valence-electron chi connectivity index (χ0n) is 9.68. The molecule has 92 valence electrons. The number of furan rings is 1. The number of aromatic nitrogens is 1. The third kappa shape index (κ3) is 3.21. The van der Waals surface area contributed by atoms with Crippen molar-refractivity contribution in [2.45, 2.75) is 6.92 Å². The molecule has 0 aliphatic heterocycles. The molecule has 2 heterocycles. The van der Waals surface area contributed by atoms with Gasteiger partial charge in [-0.1, -0.05) is 11.6 Å². The zero-order chi connectivity index (χ0) is 13.0. The van der Waals surface area contributed by atoms with Crippen molar-refractivity contribution in [2.75, 3.05) is 5.32 Å². The lowest BCUT2D eigenvalue weighted by Crippen LogP contribution is -2.08. The Morgan fingerprint density at radius 1 is 1.56 bits per heavy atom. The van der Waals surface area contributed by atoms with Crippen LogP contribution in [0.15, 0.2) is 41.2 Å². The van der Waals surface area contributed by atoms with Crippen LogP contribution < -0.4 is 5.32 Å². The highest BCUT2D eigenvalue weighted by molar-refractivity contribution is 6.30. The molecule has 0 fully saturated rings. The molecule has 0 atom stereocenters. The number of carbonyl (C=O) groups excluding carboxylic acids is 1. The summed E-state index contributed by atoms with van der Waals surface area (Å²) in [6.45, 7) is 1.82. The van der Waals surface area contributed by atoms with Gasteiger partial charge in [0.05, 0.1) is 18.1 Å². The fraction of sp³-hybridized carbons (Fsp3) is 0.0769. The highest BCUT2D eigenvalue weighted by atomic mass is 35.5. The van der Waals surface area contributed by atoms with Crippen LogP contribution in [0.5, 0.6) is 0 Å². The van der Waals surface area contributed by atoms with Crippen LogP contribution in [0.25, 0.3) is 6.08 Å². The molecule has 0 radical (unpaired) electrons. The van der Waals surface area contributed by atoms with E-state index in [0.717, 1.165) is 5.56 Å². The minimum atomic E-state index is -0.255. The molecule has 0 aliphatic carbocycles. The summed E-state index contributed by atoms with van der Waals surface area (Å²) in [7, 11) is 0. The number of nitrogens with zero attached hydrogens (tertiary/aromatic N) is 1. The number of amides is 1. The molecule has 0 bridgehead atoms. The van der Waals surface area contributed by atoms with Crippen LogP contribution in [-0.2, 0) is 4.79 Å². The summed E-state index contributed by atoms with van der Waals surface area (Å²) in [6.07, 6.45) is 6.03. The van der Waals surface area contributed by atoms with Crippen LogP contribution in [0.1, 0.15) is 11.3 Å². The summed E-state index contributed by atoms with van der Waals surface area (Å²) >= 11 is 5.80. The van der Waals surface area contributed by atoms with Gasteiger partial charge in [0.1, 0.15) is 10.9 Å². The number of halogens is 1. The molecular weight excluding hydrogens is 252 g/mol. The Labute approximate surface area is 109 Å². The maximum Gasteiger partial charge on any atom is 0.248 e. The fourth-order valence-corrected chi connectivity index (χ4v) is 1.46. The molecule has 0 saturated heterocycles. The van der Waals surface area contributed by atoms with Gasteiger partial charge in [-0.25, -0.2) is 4.98 Å². The molecule has 2 aromatic rings. The smallest absolute Gasteiger partial charge is 0.248 e. The van der Waals surface area contributed by atoms with Gasteiger partial charge in [-0.2, -0.15) is 0 Å². The SMILES string of the molecule is Cc1cc(NC(=O)/C=C/c2ccco2)cnc1Cl. The standard InChI is InChI=1S/C13H11ClN2O2/c1-9-7-10(8-15-13(9)14)16-12(17)5-4-11-3-2-6-18-11/h2-8H,1H3,(H,16,17)/b5-4+. The third-order valence-electron chi connectivity index (χ3n) is 2.22.